The van der Waals surface area contributed by atoms with Crippen LogP contribution >= 0.6 is 0 Å². The van der Waals surface area contributed by atoms with Crippen LogP contribution in [0, 0.1) is 0 Å². The van der Waals surface area contributed by atoms with E-state index in [2.05, 4.69) is 15.5 Å². The van der Waals surface area contributed by atoms with Crippen molar-refractivity contribution in [2.45, 2.75) is 0 Å². The predicted octanol–water partition coefficient (Wildman–Crippen LogP) is 1.13. The Morgan fingerprint density at radius 2 is 1.52 bits per heavy atom. The van der Waals surface area contributed by atoms with Crippen molar-refractivity contribution in [1.82, 2.24) is 10.2 Å². The fraction of sp³-hybridized carbons (Fsp3) is 0. The van der Waals surface area contributed by atoms with Crippen LogP contribution < -0.4 is 5.32 Å². The fourth-order valence-electron chi connectivity index (χ4n) is 1.57. The van der Waals surface area contributed by atoms with Gasteiger partial charge in [-0.15, -0.1) is 0 Å². The van der Waals surface area contributed by atoms with Gasteiger partial charge in [0.15, 0.2) is 0 Å². The molecule has 21 heavy (non-hydrogen) atoms. The van der Waals surface area contributed by atoms with E-state index >= 15 is 0 Å². The highest BCUT2D eigenvalue weighted by Crippen LogP contribution is 2.16. The summed E-state index contributed by atoms with van der Waals surface area (Å²) >= 11 is 0. The van der Waals surface area contributed by atoms with Gasteiger partial charge in [0.25, 0.3) is 5.91 Å². The minimum Gasteiger partial charge on any atom is -0.478 e. The highest BCUT2D eigenvalue weighted by molar-refractivity contribution is 6.05. The number of carboxylic acids is 2. The highest BCUT2D eigenvalue weighted by Gasteiger charge is 2.13. The van der Waals surface area contributed by atoms with Crippen molar-refractivity contribution in [3.05, 3.63) is 53.3 Å². The second-order valence-corrected chi connectivity index (χ2v) is 3.99. The zero-order chi connectivity index (χ0) is 15.4. The van der Waals surface area contributed by atoms with Crippen molar-refractivity contribution < 1.29 is 24.6 Å². The van der Waals surface area contributed by atoms with Crippen molar-refractivity contribution in [3.63, 3.8) is 0 Å². The first-order valence-electron chi connectivity index (χ1n) is 5.67. The minimum absolute atomic E-state index is 0.0640. The zero-order valence-electron chi connectivity index (χ0n) is 10.5. The number of carboxylic acid groups (broad SMARTS) is 2. The van der Waals surface area contributed by atoms with Gasteiger partial charge in [-0.25, -0.2) is 9.59 Å². The Kier molecular flexibility index (Phi) is 3.89. The van der Waals surface area contributed by atoms with E-state index in [-0.39, 0.29) is 22.4 Å². The Hall–Kier alpha value is -3.29. The van der Waals surface area contributed by atoms with Gasteiger partial charge in [0.05, 0.1) is 29.1 Å². The van der Waals surface area contributed by atoms with Crippen LogP contribution in [0.4, 0.5) is 5.69 Å². The summed E-state index contributed by atoms with van der Waals surface area (Å²) in [5.74, 6) is -3.14. The smallest absolute Gasteiger partial charge is 0.335 e. The fourth-order valence-corrected chi connectivity index (χ4v) is 1.57. The largest absolute Gasteiger partial charge is 0.478 e. The van der Waals surface area contributed by atoms with E-state index in [9.17, 15) is 14.4 Å². The molecule has 1 aromatic heterocycles. The van der Waals surface area contributed by atoms with Crippen molar-refractivity contribution >= 4 is 23.5 Å². The summed E-state index contributed by atoms with van der Waals surface area (Å²) < 4.78 is 0. The summed E-state index contributed by atoms with van der Waals surface area (Å²) in [4.78, 5) is 33.8. The number of nitrogens with zero attached hydrogens (tertiary/aromatic N) is 2. The quantitative estimate of drug-likeness (QED) is 0.768. The number of hydrogen-bond acceptors (Lipinski definition) is 5. The molecule has 0 radical (unpaired) electrons. The molecule has 2 aromatic rings. The Morgan fingerprint density at radius 3 is 2.00 bits per heavy atom. The van der Waals surface area contributed by atoms with Gasteiger partial charge in [-0.1, -0.05) is 0 Å². The molecule has 0 atom stereocenters. The molecule has 2 rings (SSSR count). The second kappa shape index (κ2) is 5.78. The van der Waals surface area contributed by atoms with Gasteiger partial charge in [-0.05, 0) is 24.3 Å². The van der Waals surface area contributed by atoms with Gasteiger partial charge >= 0.3 is 11.9 Å². The van der Waals surface area contributed by atoms with Crippen molar-refractivity contribution in [2.75, 3.05) is 5.32 Å². The second-order valence-electron chi connectivity index (χ2n) is 3.99. The molecule has 0 fully saturated rings. The lowest BCUT2D eigenvalue weighted by Gasteiger charge is -2.07. The molecule has 0 bridgehead atoms. The average Bonchev–Trinajstić information content (AvgIpc) is 2.47. The lowest BCUT2D eigenvalue weighted by atomic mass is 10.1. The van der Waals surface area contributed by atoms with Crippen LogP contribution in [0.2, 0.25) is 0 Å². The van der Waals surface area contributed by atoms with Gasteiger partial charge in [0, 0.05) is 5.69 Å². The summed E-state index contributed by atoms with van der Waals surface area (Å²) in [6, 6.07) is 4.76. The Bertz CT molecular complexity index is 683. The molecule has 1 amide bonds. The molecule has 0 spiro atoms. The maximum atomic E-state index is 11.9. The summed E-state index contributed by atoms with van der Waals surface area (Å²) in [7, 11) is 0. The van der Waals surface area contributed by atoms with E-state index in [1.807, 2.05) is 0 Å². The first-order valence-corrected chi connectivity index (χ1v) is 5.67. The molecular formula is C13H9N3O5. The average molecular weight is 287 g/mol. The Morgan fingerprint density at radius 1 is 0.905 bits per heavy atom. The molecule has 0 aliphatic carbocycles. The number of nitrogens with one attached hydrogen (secondary N) is 1. The molecular weight excluding hydrogens is 278 g/mol. The number of carbonyl (C=O) groups excluding carboxylic acids is 1. The van der Waals surface area contributed by atoms with E-state index in [1.54, 1.807) is 0 Å². The highest BCUT2D eigenvalue weighted by atomic mass is 16.4. The normalized spacial score (nSPS) is 9.90. The molecule has 0 saturated carbocycles. The third-order valence-electron chi connectivity index (χ3n) is 2.53. The van der Waals surface area contributed by atoms with E-state index in [4.69, 9.17) is 10.2 Å². The zero-order valence-corrected chi connectivity index (χ0v) is 10.5. The maximum absolute atomic E-state index is 11.9. The number of anilines is 1. The number of aromatic nitrogens is 2. The van der Waals surface area contributed by atoms with Gasteiger partial charge in [-0.3, -0.25) is 4.79 Å². The lowest BCUT2D eigenvalue weighted by molar-refractivity contribution is 0.0696. The number of benzene rings is 1. The van der Waals surface area contributed by atoms with Crippen LogP contribution in [-0.4, -0.2) is 38.3 Å². The minimum atomic E-state index is -1.29. The standard InChI is InChI=1S/C13H9N3O5/c17-11(7-1-2-14-15-6-7)16-10-4-8(12(18)19)3-9(5-10)13(20)21/h1-6H,(H,16,17)(H,18,19)(H,20,21). The Labute approximate surface area is 118 Å². The van der Waals surface area contributed by atoms with Crippen LogP contribution in [0.25, 0.3) is 0 Å². The molecule has 0 aliphatic heterocycles. The van der Waals surface area contributed by atoms with Gasteiger partial charge < -0.3 is 15.5 Å². The number of amides is 1. The van der Waals surface area contributed by atoms with Crippen LogP contribution in [0.3, 0.4) is 0 Å². The van der Waals surface area contributed by atoms with Crippen LogP contribution in [-0.2, 0) is 0 Å². The number of carbonyl (C=O) groups is 3. The predicted molar refractivity (Wildman–Crippen MR) is 70.3 cm³/mol. The lowest BCUT2D eigenvalue weighted by Crippen LogP contribution is -2.14. The molecule has 0 saturated heterocycles. The summed E-state index contributed by atoms with van der Waals surface area (Å²) in [5.41, 5.74) is -0.201. The maximum Gasteiger partial charge on any atom is 0.335 e. The molecule has 8 nitrogen and oxygen atoms in total. The van der Waals surface area contributed by atoms with Crippen LogP contribution in [0.5, 0.6) is 0 Å². The van der Waals surface area contributed by atoms with Crippen LogP contribution in [0.15, 0.2) is 36.7 Å². The van der Waals surface area contributed by atoms with Crippen molar-refractivity contribution in [3.8, 4) is 0 Å². The first kappa shape index (κ1) is 14.1. The number of rotatable bonds is 4. The van der Waals surface area contributed by atoms with E-state index in [0.717, 1.165) is 6.07 Å². The summed E-state index contributed by atoms with van der Waals surface area (Å²) in [6.07, 6.45) is 2.56. The van der Waals surface area contributed by atoms with Crippen LogP contribution in [0.1, 0.15) is 31.1 Å². The molecule has 1 heterocycles. The Balaban J connectivity index is 2.33. The number of hydrogen-bond donors (Lipinski definition) is 3. The van der Waals surface area contributed by atoms with Gasteiger partial charge in [0.1, 0.15) is 0 Å². The monoisotopic (exact) mass is 287 g/mol. The molecule has 1 aromatic carbocycles. The third kappa shape index (κ3) is 3.38. The molecule has 3 N–H and O–H groups in total. The first-order chi connectivity index (χ1) is 9.97. The van der Waals surface area contributed by atoms with E-state index in [0.29, 0.717) is 0 Å². The molecule has 0 aliphatic rings. The summed E-state index contributed by atoms with van der Waals surface area (Å²) in [6.45, 7) is 0. The van der Waals surface area contributed by atoms with E-state index < -0.39 is 17.8 Å². The van der Waals surface area contributed by atoms with Crippen molar-refractivity contribution in [1.29, 1.82) is 0 Å². The topological polar surface area (TPSA) is 129 Å². The van der Waals surface area contributed by atoms with Gasteiger partial charge in [-0.2, -0.15) is 10.2 Å². The van der Waals surface area contributed by atoms with Gasteiger partial charge in [0.2, 0.25) is 0 Å². The molecule has 106 valence electrons. The van der Waals surface area contributed by atoms with E-state index in [1.165, 1.54) is 30.6 Å². The molecule has 8 heteroatoms. The molecule has 0 unspecified atom stereocenters. The number of aromatic carboxylic acids is 2. The SMILES string of the molecule is O=C(O)c1cc(NC(=O)c2ccnnc2)cc(C(=O)O)c1. The van der Waals surface area contributed by atoms with Crippen molar-refractivity contribution in [2.24, 2.45) is 0 Å². The third-order valence-corrected chi connectivity index (χ3v) is 2.53. The summed E-state index contributed by atoms with van der Waals surface area (Å²) in [5, 5.41) is 27.4.